The second-order valence-corrected chi connectivity index (χ2v) is 11.8. The monoisotopic (exact) mass is 612 g/mol. The maximum absolute atomic E-state index is 13.3. The lowest BCUT2D eigenvalue weighted by atomic mass is 9.77. The molecule has 0 aromatic heterocycles. The van der Waals surface area contributed by atoms with Crippen molar-refractivity contribution in [2.45, 2.75) is 45.8 Å². The minimum atomic E-state index is -5.08. The summed E-state index contributed by atoms with van der Waals surface area (Å²) in [7, 11) is 0. The van der Waals surface area contributed by atoms with E-state index in [1.54, 1.807) is 0 Å². The molecule has 0 unspecified atom stereocenters. The van der Waals surface area contributed by atoms with Gasteiger partial charge in [0.1, 0.15) is 17.2 Å². The Kier molecular flexibility index (Phi) is 10.9. The molecule has 0 saturated carbocycles. The number of nitrogens with zero attached hydrogens (tertiary/aromatic N) is 2. The number of carboxylic acid groups (broad SMARTS) is 1. The highest BCUT2D eigenvalue weighted by Crippen LogP contribution is 2.41. The molecule has 2 fully saturated rings. The fourth-order valence-electron chi connectivity index (χ4n) is 5.45. The lowest BCUT2D eigenvalue weighted by Crippen LogP contribution is -2.42. The molecule has 1 amide bonds. The Labute approximate surface area is 256 Å². The van der Waals surface area contributed by atoms with E-state index >= 15 is 0 Å². The van der Waals surface area contributed by atoms with Crippen LogP contribution in [0.2, 0.25) is 0 Å². The standard InChI is InChI=1S/C32H38N2O3.C2HF3O2/c1-25(2)23-36-30-11-7-6-8-27(30)22-33-19-16-32(17-20-33)18-21-34(24-32)31(35)26-12-14-29(15-13-26)37-28-9-4-3-5-10-28;3-2(4,5)1(6)7/h3-15,25H,16-24H2,1-2H3;(H,6,7). The average Bonchev–Trinajstić information content (AvgIpc) is 3.42. The molecule has 0 bridgehead atoms. The van der Waals surface area contributed by atoms with E-state index in [1.807, 2.05) is 54.6 Å². The van der Waals surface area contributed by atoms with E-state index < -0.39 is 12.1 Å². The van der Waals surface area contributed by atoms with E-state index in [-0.39, 0.29) is 11.3 Å². The van der Waals surface area contributed by atoms with E-state index in [1.165, 1.54) is 5.56 Å². The molecule has 236 valence electrons. The number of para-hydroxylation sites is 2. The Hall–Kier alpha value is -4.05. The van der Waals surface area contributed by atoms with Crippen molar-refractivity contribution >= 4 is 11.9 Å². The number of aliphatic carboxylic acids is 1. The van der Waals surface area contributed by atoms with Gasteiger partial charge < -0.3 is 19.5 Å². The number of rotatable bonds is 8. The summed E-state index contributed by atoms with van der Waals surface area (Å²) in [6.45, 7) is 9.84. The highest BCUT2D eigenvalue weighted by Gasteiger charge is 2.42. The molecule has 0 aliphatic carbocycles. The van der Waals surface area contributed by atoms with Crippen LogP contribution in [0.15, 0.2) is 78.9 Å². The molecule has 5 rings (SSSR count). The van der Waals surface area contributed by atoms with Gasteiger partial charge in [0.2, 0.25) is 0 Å². The van der Waals surface area contributed by atoms with Crippen LogP contribution in [-0.4, -0.2) is 65.7 Å². The summed E-state index contributed by atoms with van der Waals surface area (Å²) in [5.41, 5.74) is 2.24. The number of carboxylic acids is 1. The second kappa shape index (κ2) is 14.6. The van der Waals surface area contributed by atoms with Gasteiger partial charge in [0.15, 0.2) is 0 Å². The predicted octanol–water partition coefficient (Wildman–Crippen LogP) is 7.28. The van der Waals surface area contributed by atoms with Crippen LogP contribution >= 0.6 is 0 Å². The van der Waals surface area contributed by atoms with Gasteiger partial charge in [0, 0.05) is 30.8 Å². The summed E-state index contributed by atoms with van der Waals surface area (Å²) in [6.07, 6.45) is -1.72. The van der Waals surface area contributed by atoms with Gasteiger partial charge in [0.25, 0.3) is 5.91 Å². The average molecular weight is 613 g/mol. The van der Waals surface area contributed by atoms with E-state index in [2.05, 4.69) is 47.9 Å². The van der Waals surface area contributed by atoms with Crippen molar-refractivity contribution < 1.29 is 37.3 Å². The SMILES string of the molecule is CC(C)COc1ccccc1CN1CCC2(CC1)CCN(C(=O)c1ccc(Oc3ccccc3)cc1)C2.O=C(O)C(F)(F)F. The molecular weight excluding hydrogens is 573 g/mol. The summed E-state index contributed by atoms with van der Waals surface area (Å²) in [4.78, 5) is 26.7. The molecule has 7 nitrogen and oxygen atoms in total. The number of hydrogen-bond donors (Lipinski definition) is 1. The second-order valence-electron chi connectivity index (χ2n) is 11.8. The van der Waals surface area contributed by atoms with Crippen LogP contribution in [0, 0.1) is 11.3 Å². The van der Waals surface area contributed by atoms with E-state index in [0.717, 1.165) is 81.4 Å². The third kappa shape index (κ3) is 9.22. The molecule has 3 aromatic carbocycles. The van der Waals surface area contributed by atoms with Crippen LogP contribution in [0.1, 0.15) is 49.0 Å². The molecule has 0 atom stereocenters. The highest BCUT2D eigenvalue weighted by atomic mass is 19.4. The molecular formula is C34H39F3N2O5. The number of piperidine rings is 1. The Bertz CT molecular complexity index is 1370. The number of likely N-dealkylation sites (tertiary alicyclic amines) is 2. The summed E-state index contributed by atoms with van der Waals surface area (Å²) in [6, 6.07) is 25.7. The smallest absolute Gasteiger partial charge is 0.490 e. The lowest BCUT2D eigenvalue weighted by molar-refractivity contribution is -0.192. The molecule has 1 spiro atoms. The zero-order valence-corrected chi connectivity index (χ0v) is 25.1. The first-order chi connectivity index (χ1) is 20.9. The molecule has 0 radical (unpaired) electrons. The Morgan fingerprint density at radius 2 is 1.43 bits per heavy atom. The number of benzene rings is 3. The first kappa shape index (κ1) is 32.9. The number of carbonyl (C=O) groups is 2. The Morgan fingerprint density at radius 3 is 2.05 bits per heavy atom. The van der Waals surface area contributed by atoms with Gasteiger partial charge in [-0.2, -0.15) is 13.2 Å². The van der Waals surface area contributed by atoms with Crippen LogP contribution in [-0.2, 0) is 11.3 Å². The van der Waals surface area contributed by atoms with Crippen LogP contribution in [0.4, 0.5) is 13.2 Å². The van der Waals surface area contributed by atoms with E-state index in [4.69, 9.17) is 19.4 Å². The van der Waals surface area contributed by atoms with Crippen molar-refractivity contribution in [3.05, 3.63) is 90.0 Å². The van der Waals surface area contributed by atoms with Gasteiger partial charge in [-0.05, 0) is 86.1 Å². The van der Waals surface area contributed by atoms with Gasteiger partial charge in [-0.15, -0.1) is 0 Å². The third-order valence-corrected chi connectivity index (χ3v) is 7.90. The molecule has 2 heterocycles. The first-order valence-corrected chi connectivity index (χ1v) is 14.8. The van der Waals surface area contributed by atoms with Gasteiger partial charge in [-0.1, -0.05) is 50.2 Å². The summed E-state index contributed by atoms with van der Waals surface area (Å²) >= 11 is 0. The summed E-state index contributed by atoms with van der Waals surface area (Å²) in [5, 5.41) is 7.12. The summed E-state index contributed by atoms with van der Waals surface area (Å²) in [5.74, 6) is 0.422. The topological polar surface area (TPSA) is 79.3 Å². The quantitative estimate of drug-likeness (QED) is 0.288. The molecule has 3 aromatic rings. The fourth-order valence-corrected chi connectivity index (χ4v) is 5.45. The minimum Gasteiger partial charge on any atom is -0.493 e. The van der Waals surface area contributed by atoms with Gasteiger partial charge in [-0.3, -0.25) is 9.69 Å². The van der Waals surface area contributed by atoms with Crippen LogP contribution < -0.4 is 9.47 Å². The number of carbonyl (C=O) groups excluding carboxylic acids is 1. The zero-order chi connectivity index (χ0) is 31.7. The van der Waals surface area contributed by atoms with Crippen molar-refractivity contribution in [1.82, 2.24) is 9.80 Å². The van der Waals surface area contributed by atoms with Crippen molar-refractivity contribution in [2.75, 3.05) is 32.8 Å². The number of alkyl halides is 3. The Balaban J connectivity index is 0.000000566. The highest BCUT2D eigenvalue weighted by molar-refractivity contribution is 5.94. The van der Waals surface area contributed by atoms with E-state index in [0.29, 0.717) is 5.92 Å². The lowest BCUT2D eigenvalue weighted by Gasteiger charge is -2.39. The van der Waals surface area contributed by atoms with Crippen LogP contribution in [0.5, 0.6) is 17.2 Å². The van der Waals surface area contributed by atoms with Gasteiger partial charge in [-0.25, -0.2) is 4.79 Å². The van der Waals surface area contributed by atoms with Crippen molar-refractivity contribution in [2.24, 2.45) is 11.3 Å². The first-order valence-electron chi connectivity index (χ1n) is 14.8. The van der Waals surface area contributed by atoms with Crippen molar-refractivity contribution in [1.29, 1.82) is 0 Å². The molecule has 2 aliphatic heterocycles. The Morgan fingerprint density at radius 1 is 0.864 bits per heavy atom. The minimum absolute atomic E-state index is 0.127. The van der Waals surface area contributed by atoms with Crippen molar-refractivity contribution in [3.63, 3.8) is 0 Å². The molecule has 1 N–H and O–H groups in total. The molecule has 2 saturated heterocycles. The largest absolute Gasteiger partial charge is 0.493 e. The molecule has 44 heavy (non-hydrogen) atoms. The zero-order valence-electron chi connectivity index (χ0n) is 25.1. The van der Waals surface area contributed by atoms with Crippen molar-refractivity contribution in [3.8, 4) is 17.2 Å². The van der Waals surface area contributed by atoms with Gasteiger partial charge >= 0.3 is 12.1 Å². The molecule has 10 heteroatoms. The molecule has 2 aliphatic rings. The van der Waals surface area contributed by atoms with Crippen LogP contribution in [0.25, 0.3) is 0 Å². The number of ether oxygens (including phenoxy) is 2. The summed E-state index contributed by atoms with van der Waals surface area (Å²) < 4.78 is 43.7. The van der Waals surface area contributed by atoms with Gasteiger partial charge in [0.05, 0.1) is 6.61 Å². The number of halogens is 3. The maximum Gasteiger partial charge on any atom is 0.490 e. The predicted molar refractivity (Wildman–Crippen MR) is 161 cm³/mol. The van der Waals surface area contributed by atoms with Crippen LogP contribution in [0.3, 0.4) is 0 Å². The third-order valence-electron chi connectivity index (χ3n) is 7.90. The van der Waals surface area contributed by atoms with E-state index in [9.17, 15) is 18.0 Å². The number of amides is 1. The number of hydrogen-bond acceptors (Lipinski definition) is 5. The fraction of sp³-hybridized carbons (Fsp3) is 0.412. The maximum atomic E-state index is 13.3. The normalized spacial score (nSPS) is 16.4.